The topological polar surface area (TPSA) is 69.4 Å². The van der Waals surface area contributed by atoms with Gasteiger partial charge < -0.3 is 0 Å². The minimum Gasteiger partial charge on any atom is -0.278 e. The van der Waals surface area contributed by atoms with E-state index < -0.39 is 0 Å². The van der Waals surface area contributed by atoms with Gasteiger partial charge in [0.25, 0.3) is 0 Å². The monoisotopic (exact) mass is 626 g/mol. The second-order valence-electron chi connectivity index (χ2n) is 12.2. The lowest BCUT2D eigenvalue weighted by molar-refractivity contribution is 0.954. The molecular weight excluding hydrogens is 601 g/mol. The van der Waals surface area contributed by atoms with Gasteiger partial charge in [-0.15, -0.1) is 0 Å². The van der Waals surface area contributed by atoms with Crippen molar-refractivity contribution in [1.29, 1.82) is 0 Å². The van der Waals surface area contributed by atoms with Crippen LogP contribution in [0.3, 0.4) is 0 Å². The molecule has 0 N–H and O–H groups in total. The van der Waals surface area contributed by atoms with E-state index in [1.807, 2.05) is 66.7 Å². The van der Waals surface area contributed by atoms with E-state index in [1.54, 1.807) is 12.4 Å². The molecule has 7 aromatic carbocycles. The fourth-order valence-electron chi connectivity index (χ4n) is 7.06. The summed E-state index contributed by atoms with van der Waals surface area (Å²) in [6, 6.07) is 50.3. The maximum atomic E-state index is 5.12. The molecule has 6 heteroatoms. The second kappa shape index (κ2) is 10.9. The van der Waals surface area contributed by atoms with E-state index in [0.717, 1.165) is 71.1 Å². The Morgan fingerprint density at radius 3 is 1.59 bits per heavy atom. The molecule has 0 unspecified atom stereocenters. The van der Waals surface area contributed by atoms with Crippen LogP contribution in [-0.4, -0.2) is 29.5 Å². The summed E-state index contributed by atoms with van der Waals surface area (Å²) in [5, 5.41) is 6.60. The van der Waals surface area contributed by atoms with Crippen LogP contribution < -0.4 is 0 Å². The van der Waals surface area contributed by atoms with Crippen molar-refractivity contribution < 1.29 is 0 Å². The first kappa shape index (κ1) is 27.3. The first-order valence-electron chi connectivity index (χ1n) is 16.3. The van der Waals surface area contributed by atoms with Crippen LogP contribution in [0.15, 0.2) is 158 Å². The largest absolute Gasteiger partial charge is 0.278 e. The number of hydrogen-bond donors (Lipinski definition) is 0. The number of nitrogens with zero attached hydrogens (tertiary/aromatic N) is 6. The van der Waals surface area contributed by atoms with Crippen molar-refractivity contribution in [1.82, 2.24) is 29.5 Å². The Hall–Kier alpha value is -6.79. The van der Waals surface area contributed by atoms with Crippen molar-refractivity contribution >= 4 is 54.4 Å². The molecule has 3 heterocycles. The fourth-order valence-corrected chi connectivity index (χ4v) is 7.06. The molecule has 0 saturated carbocycles. The van der Waals surface area contributed by atoms with Crippen molar-refractivity contribution in [3.8, 4) is 39.9 Å². The molecule has 6 nitrogen and oxygen atoms in total. The van der Waals surface area contributed by atoms with Gasteiger partial charge in [0, 0.05) is 45.1 Å². The molecule has 0 spiro atoms. The second-order valence-corrected chi connectivity index (χ2v) is 12.2. The van der Waals surface area contributed by atoms with Gasteiger partial charge in [0.15, 0.2) is 11.6 Å². The number of fused-ring (bicyclic) bond motifs is 9. The SMILES string of the molecule is c1ccc(-c2ccc3c(c2)c2cc4c5ccccc5n(-c5nc(-c6ccccc6)nc(-c6ccccc6)n5)c4cc2c2nccnc32)cc1. The molecule has 228 valence electrons. The minimum atomic E-state index is 0.556. The predicted molar refractivity (Wildman–Crippen MR) is 199 cm³/mol. The lowest BCUT2D eigenvalue weighted by Gasteiger charge is -2.13. The first-order valence-corrected chi connectivity index (χ1v) is 16.3. The van der Waals surface area contributed by atoms with Gasteiger partial charge >= 0.3 is 0 Å². The van der Waals surface area contributed by atoms with Crippen molar-refractivity contribution in [2.75, 3.05) is 0 Å². The third-order valence-corrected chi connectivity index (χ3v) is 9.32. The molecule has 10 aromatic rings. The van der Waals surface area contributed by atoms with Crippen LogP contribution in [0.5, 0.6) is 0 Å². The fraction of sp³-hybridized carbons (Fsp3) is 0. The highest BCUT2D eigenvalue weighted by Gasteiger charge is 2.20. The maximum absolute atomic E-state index is 5.12. The molecule has 49 heavy (non-hydrogen) atoms. The molecule has 10 rings (SSSR count). The summed E-state index contributed by atoms with van der Waals surface area (Å²) in [4.78, 5) is 24.9. The number of rotatable bonds is 4. The van der Waals surface area contributed by atoms with Gasteiger partial charge in [-0.1, -0.05) is 121 Å². The van der Waals surface area contributed by atoms with Crippen LogP contribution in [0.4, 0.5) is 0 Å². The first-order chi connectivity index (χ1) is 24.3. The Balaban J connectivity index is 1.32. The molecule has 0 aliphatic heterocycles. The summed E-state index contributed by atoms with van der Waals surface area (Å²) in [6.45, 7) is 0. The Bertz CT molecular complexity index is 2810. The lowest BCUT2D eigenvalue weighted by Crippen LogP contribution is -2.06. The zero-order valence-electron chi connectivity index (χ0n) is 26.2. The van der Waals surface area contributed by atoms with E-state index in [2.05, 4.69) is 83.4 Å². The summed E-state index contributed by atoms with van der Waals surface area (Å²) >= 11 is 0. The van der Waals surface area contributed by atoms with Gasteiger partial charge in [0.1, 0.15) is 0 Å². The van der Waals surface area contributed by atoms with E-state index in [0.29, 0.717) is 17.6 Å². The Morgan fingerprint density at radius 1 is 0.347 bits per heavy atom. The number of aromatic nitrogens is 6. The quantitative estimate of drug-likeness (QED) is 0.182. The Kier molecular flexibility index (Phi) is 6.08. The average Bonchev–Trinajstić information content (AvgIpc) is 3.51. The van der Waals surface area contributed by atoms with Crippen LogP contribution in [-0.2, 0) is 0 Å². The van der Waals surface area contributed by atoms with E-state index >= 15 is 0 Å². The van der Waals surface area contributed by atoms with Crippen molar-refractivity contribution in [2.24, 2.45) is 0 Å². The third-order valence-electron chi connectivity index (χ3n) is 9.32. The highest BCUT2D eigenvalue weighted by Crippen LogP contribution is 2.41. The van der Waals surface area contributed by atoms with Crippen LogP contribution in [0.1, 0.15) is 0 Å². The van der Waals surface area contributed by atoms with Crippen LogP contribution >= 0.6 is 0 Å². The van der Waals surface area contributed by atoms with Gasteiger partial charge in [-0.2, -0.15) is 9.97 Å². The molecule has 0 aliphatic carbocycles. The van der Waals surface area contributed by atoms with Crippen molar-refractivity contribution in [2.45, 2.75) is 0 Å². The van der Waals surface area contributed by atoms with Gasteiger partial charge in [-0.25, -0.2) is 4.98 Å². The predicted octanol–water partition coefficient (Wildman–Crippen LogP) is 10.2. The Labute approximate surface area is 281 Å². The van der Waals surface area contributed by atoms with Gasteiger partial charge in [-0.3, -0.25) is 14.5 Å². The van der Waals surface area contributed by atoms with Gasteiger partial charge in [-0.05, 0) is 46.2 Å². The zero-order valence-corrected chi connectivity index (χ0v) is 26.2. The van der Waals surface area contributed by atoms with Gasteiger partial charge in [0.05, 0.1) is 22.1 Å². The van der Waals surface area contributed by atoms with E-state index in [-0.39, 0.29) is 0 Å². The number of para-hydroxylation sites is 1. The summed E-state index contributed by atoms with van der Waals surface area (Å²) in [7, 11) is 0. The van der Waals surface area contributed by atoms with Crippen molar-refractivity contribution in [3.05, 3.63) is 158 Å². The minimum absolute atomic E-state index is 0.556. The third kappa shape index (κ3) is 4.38. The molecule has 0 bridgehead atoms. The number of hydrogen-bond acceptors (Lipinski definition) is 5. The highest BCUT2D eigenvalue weighted by molar-refractivity contribution is 6.27. The molecule has 0 saturated heterocycles. The highest BCUT2D eigenvalue weighted by atomic mass is 15.2. The zero-order chi connectivity index (χ0) is 32.3. The molecule has 0 atom stereocenters. The van der Waals surface area contributed by atoms with E-state index in [4.69, 9.17) is 24.9 Å². The van der Waals surface area contributed by atoms with Crippen LogP contribution in [0.25, 0.3) is 94.2 Å². The summed E-state index contributed by atoms with van der Waals surface area (Å²) in [6.07, 6.45) is 3.55. The van der Waals surface area contributed by atoms with E-state index in [1.165, 1.54) is 5.56 Å². The number of benzene rings is 7. The van der Waals surface area contributed by atoms with Crippen LogP contribution in [0, 0.1) is 0 Å². The smallest absolute Gasteiger partial charge is 0.238 e. The lowest BCUT2D eigenvalue weighted by atomic mass is 9.94. The molecular formula is C43H26N6. The standard InChI is InChI=1S/C43H26N6/c1-4-12-27(13-5-1)30-20-21-32-33(24-30)34-25-35-31-18-10-11-19-37(31)49(38(35)26-36(34)40-39(32)44-22-23-45-40)43-47-41(28-14-6-2-7-15-28)46-42(48-43)29-16-8-3-9-17-29/h1-26H. The summed E-state index contributed by atoms with van der Waals surface area (Å²) in [5.41, 5.74) is 7.93. The molecule has 0 aliphatic rings. The van der Waals surface area contributed by atoms with Crippen molar-refractivity contribution in [3.63, 3.8) is 0 Å². The maximum Gasteiger partial charge on any atom is 0.238 e. The molecule has 0 radical (unpaired) electrons. The molecule has 0 amide bonds. The summed E-state index contributed by atoms with van der Waals surface area (Å²) < 4.78 is 2.16. The molecule has 3 aromatic heterocycles. The normalized spacial score (nSPS) is 11.7. The average molecular weight is 627 g/mol. The van der Waals surface area contributed by atoms with Gasteiger partial charge in [0.2, 0.25) is 5.95 Å². The van der Waals surface area contributed by atoms with E-state index in [9.17, 15) is 0 Å². The van der Waals surface area contributed by atoms with Crippen LogP contribution in [0.2, 0.25) is 0 Å². The Morgan fingerprint density at radius 2 is 0.918 bits per heavy atom. The summed E-state index contributed by atoms with van der Waals surface area (Å²) in [5.74, 6) is 1.79. The molecule has 0 fully saturated rings.